The number of halogens is 2. The molecule has 1 fully saturated rings. The van der Waals surface area contributed by atoms with Crippen LogP contribution in [0.3, 0.4) is 0 Å². The number of anilines is 2. The van der Waals surface area contributed by atoms with Crippen molar-refractivity contribution in [3.63, 3.8) is 0 Å². The lowest BCUT2D eigenvalue weighted by Crippen LogP contribution is -2.50. The van der Waals surface area contributed by atoms with Gasteiger partial charge in [-0.3, -0.25) is 19.5 Å². The molecular formula is C26H27ClFN5O2. The standard InChI is InChI=1S/C26H27ClFN5O2/c1-18-8-9-20(27)15-22(18)31-26(35)25(34)30-17-24(19-5-4-10-29-16-19)33-13-11-32(12-14-33)23-7-3-2-6-21(23)28/h2-10,15-16,24H,11-14,17H2,1H3,(H,30,34)(H,31,35). The maximum Gasteiger partial charge on any atom is 0.313 e. The van der Waals surface area contributed by atoms with Crippen molar-refractivity contribution in [3.8, 4) is 0 Å². The number of para-hydroxylation sites is 1. The van der Waals surface area contributed by atoms with E-state index in [1.165, 1.54) is 6.07 Å². The van der Waals surface area contributed by atoms with Gasteiger partial charge in [0.2, 0.25) is 0 Å². The van der Waals surface area contributed by atoms with Gasteiger partial charge in [-0.1, -0.05) is 35.9 Å². The molecule has 182 valence electrons. The lowest BCUT2D eigenvalue weighted by atomic mass is 10.1. The first-order valence-corrected chi connectivity index (χ1v) is 11.8. The molecule has 1 saturated heterocycles. The normalized spacial score (nSPS) is 14.9. The molecule has 9 heteroatoms. The predicted octanol–water partition coefficient (Wildman–Crippen LogP) is 3.80. The molecule has 2 aromatic carbocycles. The molecule has 35 heavy (non-hydrogen) atoms. The maximum atomic E-state index is 14.2. The van der Waals surface area contributed by atoms with Gasteiger partial charge < -0.3 is 15.5 Å². The molecule has 7 nitrogen and oxygen atoms in total. The molecule has 0 bridgehead atoms. The third-order valence-corrected chi connectivity index (χ3v) is 6.36. The molecule has 1 unspecified atom stereocenters. The summed E-state index contributed by atoms with van der Waals surface area (Å²) in [6, 6.07) is 15.5. The van der Waals surface area contributed by atoms with Crippen LogP contribution in [-0.4, -0.2) is 54.4 Å². The minimum absolute atomic E-state index is 0.184. The lowest BCUT2D eigenvalue weighted by molar-refractivity contribution is -0.136. The number of hydrogen-bond acceptors (Lipinski definition) is 5. The van der Waals surface area contributed by atoms with Crippen LogP contribution in [0.25, 0.3) is 0 Å². The number of aryl methyl sites for hydroxylation is 1. The molecule has 2 heterocycles. The molecular weight excluding hydrogens is 469 g/mol. The van der Waals surface area contributed by atoms with Gasteiger partial charge in [0.25, 0.3) is 0 Å². The van der Waals surface area contributed by atoms with Crippen molar-refractivity contribution >= 4 is 34.8 Å². The van der Waals surface area contributed by atoms with Crippen molar-refractivity contribution in [2.24, 2.45) is 0 Å². The molecule has 2 amide bonds. The van der Waals surface area contributed by atoms with Crippen LogP contribution in [0.1, 0.15) is 17.2 Å². The van der Waals surface area contributed by atoms with Crippen LogP contribution in [0.2, 0.25) is 5.02 Å². The summed E-state index contributed by atoms with van der Waals surface area (Å²) in [4.78, 5) is 33.5. The average Bonchev–Trinajstić information content (AvgIpc) is 2.87. The van der Waals surface area contributed by atoms with Crippen molar-refractivity contribution in [1.29, 1.82) is 0 Å². The fourth-order valence-electron chi connectivity index (χ4n) is 4.19. The SMILES string of the molecule is Cc1ccc(Cl)cc1NC(=O)C(=O)NCC(c1cccnc1)N1CCN(c2ccccc2F)CC1. The highest BCUT2D eigenvalue weighted by molar-refractivity contribution is 6.40. The Hall–Kier alpha value is -3.49. The average molecular weight is 496 g/mol. The molecule has 0 spiro atoms. The number of pyridine rings is 1. The molecule has 1 atom stereocenters. The number of aromatic nitrogens is 1. The lowest BCUT2D eigenvalue weighted by Gasteiger charge is -2.40. The van der Waals surface area contributed by atoms with Crippen LogP contribution in [-0.2, 0) is 9.59 Å². The highest BCUT2D eigenvalue weighted by Gasteiger charge is 2.27. The Labute approximate surface area is 208 Å². The summed E-state index contributed by atoms with van der Waals surface area (Å²) in [5.74, 6) is -1.73. The van der Waals surface area contributed by atoms with E-state index in [0.717, 1.165) is 11.1 Å². The number of carbonyl (C=O) groups is 2. The van der Waals surface area contributed by atoms with E-state index in [-0.39, 0.29) is 18.4 Å². The highest BCUT2D eigenvalue weighted by Crippen LogP contribution is 2.25. The topological polar surface area (TPSA) is 77.6 Å². The quantitative estimate of drug-likeness (QED) is 0.509. The van der Waals surface area contributed by atoms with E-state index in [4.69, 9.17) is 11.6 Å². The van der Waals surface area contributed by atoms with Crippen LogP contribution in [0.4, 0.5) is 15.8 Å². The van der Waals surface area contributed by atoms with Crippen molar-refractivity contribution in [1.82, 2.24) is 15.2 Å². The molecule has 0 radical (unpaired) electrons. The molecule has 0 aliphatic carbocycles. The maximum absolute atomic E-state index is 14.2. The summed E-state index contributed by atoms with van der Waals surface area (Å²) < 4.78 is 14.2. The minimum atomic E-state index is -0.760. The van der Waals surface area contributed by atoms with Gasteiger partial charge in [-0.15, -0.1) is 0 Å². The van der Waals surface area contributed by atoms with Crippen molar-refractivity contribution in [2.45, 2.75) is 13.0 Å². The van der Waals surface area contributed by atoms with E-state index < -0.39 is 11.8 Å². The second-order valence-electron chi connectivity index (χ2n) is 8.40. The Bertz CT molecular complexity index is 1190. The Kier molecular flexibility index (Phi) is 7.94. The molecule has 3 aromatic rings. The van der Waals surface area contributed by atoms with E-state index in [1.807, 2.05) is 30.0 Å². The van der Waals surface area contributed by atoms with Gasteiger partial charge in [0.1, 0.15) is 5.82 Å². The van der Waals surface area contributed by atoms with Crippen LogP contribution in [0.15, 0.2) is 67.0 Å². The summed E-state index contributed by atoms with van der Waals surface area (Å²) >= 11 is 6.01. The van der Waals surface area contributed by atoms with Gasteiger partial charge in [0.15, 0.2) is 0 Å². The molecule has 1 aliphatic rings. The van der Waals surface area contributed by atoms with Crippen molar-refractivity contribution in [3.05, 3.63) is 89.0 Å². The van der Waals surface area contributed by atoms with Crippen LogP contribution in [0.5, 0.6) is 0 Å². The Morgan fingerprint density at radius 2 is 1.83 bits per heavy atom. The number of nitrogens with one attached hydrogen (secondary N) is 2. The van der Waals surface area contributed by atoms with E-state index in [0.29, 0.717) is 42.6 Å². The summed E-state index contributed by atoms with van der Waals surface area (Å²) in [6.45, 7) is 4.66. The zero-order valence-corrected chi connectivity index (χ0v) is 20.1. The van der Waals surface area contributed by atoms with Crippen molar-refractivity contribution in [2.75, 3.05) is 42.9 Å². The zero-order chi connectivity index (χ0) is 24.8. The number of nitrogens with zero attached hydrogens (tertiary/aromatic N) is 3. The number of benzene rings is 2. The Morgan fingerprint density at radius 1 is 1.06 bits per heavy atom. The molecule has 0 saturated carbocycles. The van der Waals surface area contributed by atoms with Gasteiger partial charge in [-0.25, -0.2) is 4.39 Å². The molecule has 1 aliphatic heterocycles. The number of carbonyl (C=O) groups excluding carboxylic acids is 2. The first-order chi connectivity index (χ1) is 16.9. The van der Waals surface area contributed by atoms with E-state index in [2.05, 4.69) is 20.5 Å². The van der Waals surface area contributed by atoms with E-state index >= 15 is 0 Å². The number of piperazine rings is 1. The number of rotatable bonds is 6. The third-order valence-electron chi connectivity index (χ3n) is 6.13. The molecule has 4 rings (SSSR count). The smallest absolute Gasteiger partial charge is 0.313 e. The first-order valence-electron chi connectivity index (χ1n) is 11.4. The van der Waals surface area contributed by atoms with Gasteiger partial charge in [0.05, 0.1) is 11.7 Å². The second kappa shape index (κ2) is 11.3. The van der Waals surface area contributed by atoms with Crippen LogP contribution >= 0.6 is 11.6 Å². The van der Waals surface area contributed by atoms with Crippen LogP contribution in [0, 0.1) is 12.7 Å². The first kappa shape index (κ1) is 24.6. The van der Waals surface area contributed by atoms with Gasteiger partial charge in [-0.05, 0) is 48.4 Å². The van der Waals surface area contributed by atoms with Gasteiger partial charge >= 0.3 is 11.8 Å². The fraction of sp³-hybridized carbons (Fsp3) is 0.269. The third kappa shape index (κ3) is 6.15. The van der Waals surface area contributed by atoms with E-state index in [9.17, 15) is 14.0 Å². The van der Waals surface area contributed by atoms with E-state index in [1.54, 1.807) is 42.7 Å². The Balaban J connectivity index is 1.40. The monoisotopic (exact) mass is 495 g/mol. The predicted molar refractivity (Wildman–Crippen MR) is 135 cm³/mol. The highest BCUT2D eigenvalue weighted by atomic mass is 35.5. The largest absolute Gasteiger partial charge is 0.367 e. The van der Waals surface area contributed by atoms with Crippen molar-refractivity contribution < 1.29 is 14.0 Å². The number of amides is 2. The van der Waals surface area contributed by atoms with Gasteiger partial charge in [0, 0.05) is 55.8 Å². The summed E-state index contributed by atoms with van der Waals surface area (Å²) in [7, 11) is 0. The van der Waals surface area contributed by atoms with Gasteiger partial charge in [-0.2, -0.15) is 0 Å². The summed E-state index contributed by atoms with van der Waals surface area (Å²) in [6.07, 6.45) is 3.45. The minimum Gasteiger partial charge on any atom is -0.367 e. The molecule has 1 aromatic heterocycles. The fourth-order valence-corrected chi connectivity index (χ4v) is 4.36. The van der Waals surface area contributed by atoms with Crippen LogP contribution < -0.4 is 15.5 Å². The number of hydrogen-bond donors (Lipinski definition) is 2. The summed E-state index contributed by atoms with van der Waals surface area (Å²) in [5.41, 5.74) is 2.81. The molecule has 2 N–H and O–H groups in total. The summed E-state index contributed by atoms with van der Waals surface area (Å²) in [5, 5.41) is 5.85. The Morgan fingerprint density at radius 3 is 2.54 bits per heavy atom. The zero-order valence-electron chi connectivity index (χ0n) is 19.4. The second-order valence-corrected chi connectivity index (χ2v) is 8.84.